The summed E-state index contributed by atoms with van der Waals surface area (Å²) in [5.41, 5.74) is 16.4. The summed E-state index contributed by atoms with van der Waals surface area (Å²) in [7, 11) is 0. The van der Waals surface area contributed by atoms with Crippen LogP contribution >= 0.6 is 0 Å². The van der Waals surface area contributed by atoms with Crippen molar-refractivity contribution in [3.05, 3.63) is 128 Å². The van der Waals surface area contributed by atoms with Crippen molar-refractivity contribution in [3.63, 3.8) is 0 Å². The normalized spacial score (nSPS) is 10.5. The van der Waals surface area contributed by atoms with Crippen LogP contribution in [0, 0.1) is 55.4 Å². The number of aryl methyl sites for hydroxylation is 6. The van der Waals surface area contributed by atoms with Gasteiger partial charge in [-0.3, -0.25) is 0 Å². The third-order valence-corrected chi connectivity index (χ3v) is 7.73. The molecule has 0 fully saturated rings. The molecule has 4 rings (SSSR count). The van der Waals surface area contributed by atoms with E-state index >= 15 is 0 Å². The van der Waals surface area contributed by atoms with Crippen LogP contribution in [-0.2, 0) is 5.41 Å². The predicted molar refractivity (Wildman–Crippen MR) is 168 cm³/mol. The average molecular weight is 495 g/mol. The zero-order valence-corrected chi connectivity index (χ0v) is 23.4. The molecule has 0 heterocycles. The van der Waals surface area contributed by atoms with Crippen LogP contribution in [0.1, 0.15) is 84.3 Å². The van der Waals surface area contributed by atoms with Gasteiger partial charge in [0.05, 0.1) is 0 Å². The summed E-state index contributed by atoms with van der Waals surface area (Å²) in [6, 6.07) is 26.7. The van der Waals surface area contributed by atoms with Gasteiger partial charge in [0.1, 0.15) is 0 Å². The molecule has 0 spiro atoms. The largest absolute Gasteiger partial charge is 0.0776 e. The first-order chi connectivity index (χ1) is 16.4. The van der Waals surface area contributed by atoms with E-state index < -0.39 is 0 Å². The maximum absolute atomic E-state index is 2.35. The summed E-state index contributed by atoms with van der Waals surface area (Å²) in [4.78, 5) is 0. The SMILES string of the molecule is C.C.Cc1cc(C(C)(C)c2cc(C)c(C)c(C)c2)cc(C)c1C.Cc1ccc(-c2ccc(C)cc2)cc1. The van der Waals surface area contributed by atoms with Crippen molar-refractivity contribution in [1.29, 1.82) is 0 Å². The predicted octanol–water partition coefficient (Wildman–Crippen LogP) is 11.1. The van der Waals surface area contributed by atoms with Gasteiger partial charge < -0.3 is 0 Å². The smallest absolute Gasteiger partial charge is 0.0146 e. The molecule has 4 aromatic carbocycles. The minimum atomic E-state index is 0. The third kappa shape index (κ3) is 7.45. The Morgan fingerprint density at radius 2 is 0.649 bits per heavy atom. The summed E-state index contributed by atoms with van der Waals surface area (Å²) in [5, 5.41) is 0. The molecule has 0 N–H and O–H groups in total. The molecule has 0 aliphatic heterocycles. The van der Waals surface area contributed by atoms with E-state index in [-0.39, 0.29) is 20.3 Å². The molecule has 0 saturated carbocycles. The molecule has 0 radical (unpaired) electrons. The topological polar surface area (TPSA) is 0 Å². The lowest BCUT2D eigenvalue weighted by molar-refractivity contribution is 0.637. The lowest BCUT2D eigenvalue weighted by Gasteiger charge is -2.29. The number of rotatable bonds is 3. The first-order valence-electron chi connectivity index (χ1n) is 12.7. The van der Waals surface area contributed by atoms with E-state index in [1.807, 2.05) is 0 Å². The fourth-order valence-electron chi connectivity index (χ4n) is 4.45. The van der Waals surface area contributed by atoms with Crippen molar-refractivity contribution in [2.24, 2.45) is 0 Å². The quantitative estimate of drug-likeness (QED) is 0.266. The maximum Gasteiger partial charge on any atom is 0.0146 e. The highest BCUT2D eigenvalue weighted by Crippen LogP contribution is 2.35. The monoisotopic (exact) mass is 494 g/mol. The molecule has 0 nitrogen and oxygen atoms in total. The summed E-state index contributed by atoms with van der Waals surface area (Å²) in [5.74, 6) is 0. The number of benzene rings is 4. The molecule has 0 saturated heterocycles. The molecule has 0 amide bonds. The minimum absolute atomic E-state index is 0. The Morgan fingerprint density at radius 1 is 0.405 bits per heavy atom. The molecule has 0 aliphatic carbocycles. The fourth-order valence-corrected chi connectivity index (χ4v) is 4.45. The number of hydrogen-bond donors (Lipinski definition) is 0. The summed E-state index contributed by atoms with van der Waals surface area (Å²) < 4.78 is 0. The molecule has 0 atom stereocenters. The Labute approximate surface area is 228 Å². The molecule has 0 heteroatoms. The molecular formula is C37H50. The van der Waals surface area contributed by atoms with Crippen LogP contribution in [0.25, 0.3) is 11.1 Å². The van der Waals surface area contributed by atoms with Crippen LogP contribution in [0.3, 0.4) is 0 Å². The highest BCUT2D eigenvalue weighted by atomic mass is 14.3. The van der Waals surface area contributed by atoms with Gasteiger partial charge in [-0.2, -0.15) is 0 Å². The van der Waals surface area contributed by atoms with E-state index in [2.05, 4.69) is 142 Å². The Bertz CT molecular complexity index is 1150. The van der Waals surface area contributed by atoms with E-state index in [0.29, 0.717) is 0 Å². The lowest BCUT2D eigenvalue weighted by Crippen LogP contribution is -2.20. The van der Waals surface area contributed by atoms with Crippen LogP contribution < -0.4 is 0 Å². The highest BCUT2D eigenvalue weighted by molar-refractivity contribution is 5.63. The van der Waals surface area contributed by atoms with Crippen LogP contribution in [-0.4, -0.2) is 0 Å². The van der Waals surface area contributed by atoms with Gasteiger partial charge in [-0.1, -0.05) is 113 Å². The summed E-state index contributed by atoms with van der Waals surface area (Å²) in [6.07, 6.45) is 0. The van der Waals surface area contributed by atoms with E-state index in [1.54, 1.807) is 0 Å². The maximum atomic E-state index is 2.35. The Hall–Kier alpha value is -3.12. The zero-order chi connectivity index (χ0) is 25.9. The van der Waals surface area contributed by atoms with Gasteiger partial charge in [0.25, 0.3) is 0 Å². The van der Waals surface area contributed by atoms with Crippen molar-refractivity contribution < 1.29 is 0 Å². The van der Waals surface area contributed by atoms with Gasteiger partial charge in [-0.25, -0.2) is 0 Å². The summed E-state index contributed by atoms with van der Waals surface area (Å²) >= 11 is 0. The summed E-state index contributed by atoms with van der Waals surface area (Å²) in [6.45, 7) is 22.2. The average Bonchev–Trinajstić information content (AvgIpc) is 2.82. The molecule has 198 valence electrons. The molecule has 0 aromatic heterocycles. The van der Waals surface area contributed by atoms with Gasteiger partial charge in [-0.05, 0) is 111 Å². The fraction of sp³-hybridized carbons (Fsp3) is 0.351. The van der Waals surface area contributed by atoms with Crippen molar-refractivity contribution in [2.45, 2.75) is 89.5 Å². The van der Waals surface area contributed by atoms with Crippen molar-refractivity contribution in [2.75, 3.05) is 0 Å². The minimum Gasteiger partial charge on any atom is -0.0776 e. The van der Waals surface area contributed by atoms with E-state index in [4.69, 9.17) is 0 Å². The standard InChI is InChI=1S/C21H28.C14H14.2CH4/c1-13-9-19(10-14(2)17(13)5)21(7,8)20-11-15(3)18(6)16(4)12-20;1-11-3-7-13(8-4-11)14-9-5-12(2)6-10-14;;/h9-12H,1-8H3;3-10H,1-2H3;2*1H4. The number of hydrogen-bond acceptors (Lipinski definition) is 0. The lowest BCUT2D eigenvalue weighted by atomic mass is 9.75. The van der Waals surface area contributed by atoms with Gasteiger partial charge in [0.15, 0.2) is 0 Å². The van der Waals surface area contributed by atoms with Crippen LogP contribution in [0.15, 0.2) is 72.8 Å². The Balaban J connectivity index is 0.000000375. The van der Waals surface area contributed by atoms with Crippen molar-refractivity contribution >= 4 is 0 Å². The molecule has 37 heavy (non-hydrogen) atoms. The van der Waals surface area contributed by atoms with Crippen molar-refractivity contribution in [1.82, 2.24) is 0 Å². The first kappa shape index (κ1) is 31.9. The third-order valence-electron chi connectivity index (χ3n) is 7.73. The van der Waals surface area contributed by atoms with Gasteiger partial charge >= 0.3 is 0 Å². The second kappa shape index (κ2) is 12.9. The van der Waals surface area contributed by atoms with Crippen LogP contribution in [0.2, 0.25) is 0 Å². The van der Waals surface area contributed by atoms with Crippen LogP contribution in [0.5, 0.6) is 0 Å². The second-order valence-electron chi connectivity index (χ2n) is 10.8. The van der Waals surface area contributed by atoms with Gasteiger partial charge in [0.2, 0.25) is 0 Å². The molecule has 0 aliphatic rings. The van der Waals surface area contributed by atoms with Gasteiger partial charge in [-0.15, -0.1) is 0 Å². The Kier molecular flexibility index (Phi) is 11.1. The Morgan fingerprint density at radius 3 is 0.892 bits per heavy atom. The van der Waals surface area contributed by atoms with Gasteiger partial charge in [0, 0.05) is 5.41 Å². The van der Waals surface area contributed by atoms with Crippen molar-refractivity contribution in [3.8, 4) is 11.1 Å². The molecule has 0 unspecified atom stereocenters. The highest BCUT2D eigenvalue weighted by Gasteiger charge is 2.25. The van der Waals surface area contributed by atoms with E-state index in [9.17, 15) is 0 Å². The molecule has 4 aromatic rings. The molecular weight excluding hydrogens is 444 g/mol. The van der Waals surface area contributed by atoms with Crippen LogP contribution in [0.4, 0.5) is 0 Å². The zero-order valence-electron chi connectivity index (χ0n) is 23.4. The second-order valence-corrected chi connectivity index (χ2v) is 10.8. The van der Waals surface area contributed by atoms with E-state index in [1.165, 1.54) is 66.8 Å². The first-order valence-corrected chi connectivity index (χ1v) is 12.7. The van der Waals surface area contributed by atoms with E-state index in [0.717, 1.165) is 0 Å². The molecule has 0 bridgehead atoms.